The van der Waals surface area contributed by atoms with Crippen LogP contribution in [-0.4, -0.2) is 42.2 Å². The molecule has 0 bridgehead atoms. The summed E-state index contributed by atoms with van der Waals surface area (Å²) in [5.41, 5.74) is 14.5. The zero-order valence-corrected chi connectivity index (χ0v) is 23.9. The Morgan fingerprint density at radius 3 is 2.74 bits per heavy atom. The van der Waals surface area contributed by atoms with E-state index >= 15 is 0 Å². The minimum absolute atomic E-state index is 0. The Labute approximate surface area is 232 Å². The van der Waals surface area contributed by atoms with Crippen molar-refractivity contribution in [3.05, 3.63) is 82.2 Å². The number of nitrogen functional groups attached to an aromatic ring is 1. The fourth-order valence-electron chi connectivity index (χ4n) is 5.22. The van der Waals surface area contributed by atoms with Crippen molar-refractivity contribution < 1.29 is 14.3 Å². The van der Waals surface area contributed by atoms with Crippen molar-refractivity contribution >= 4 is 17.3 Å². The maximum atomic E-state index is 12.7. The topological polar surface area (TPSA) is 125 Å². The summed E-state index contributed by atoms with van der Waals surface area (Å²) in [5.74, 6) is 0.494. The number of nitrogens with one attached hydrogen (secondary N) is 1. The molecular weight excluding hydrogens is 490 g/mol. The van der Waals surface area contributed by atoms with E-state index in [4.69, 9.17) is 15.2 Å². The van der Waals surface area contributed by atoms with Crippen LogP contribution in [-0.2, 0) is 22.6 Å². The third kappa shape index (κ3) is 6.88. The van der Waals surface area contributed by atoms with Crippen molar-refractivity contribution in [1.82, 2.24) is 16.0 Å². The smallest absolute Gasteiger partial charge is 0.306 e. The Bertz CT molecular complexity index is 1280. The number of fused-ring (bicyclic) bond motifs is 1. The predicted octanol–water partition coefficient (Wildman–Crippen LogP) is 5.74. The van der Waals surface area contributed by atoms with E-state index in [0.29, 0.717) is 12.3 Å². The summed E-state index contributed by atoms with van der Waals surface area (Å²) < 4.78 is 11.6. The van der Waals surface area contributed by atoms with Gasteiger partial charge < -0.3 is 26.7 Å². The molecule has 0 unspecified atom stereocenters. The van der Waals surface area contributed by atoms with E-state index in [-0.39, 0.29) is 30.6 Å². The summed E-state index contributed by atoms with van der Waals surface area (Å²) in [4.78, 5) is 19.7. The molecule has 2 heterocycles. The van der Waals surface area contributed by atoms with Gasteiger partial charge in [-0.2, -0.15) is 0 Å². The van der Waals surface area contributed by atoms with E-state index in [0.717, 1.165) is 59.9 Å². The van der Waals surface area contributed by atoms with Crippen LogP contribution >= 0.6 is 0 Å². The zero-order valence-electron chi connectivity index (χ0n) is 23.9. The summed E-state index contributed by atoms with van der Waals surface area (Å²) in [6.07, 6.45) is 3.11. The lowest BCUT2D eigenvalue weighted by molar-refractivity contribution is -0.143. The molecule has 4 rings (SSSR count). The van der Waals surface area contributed by atoms with Gasteiger partial charge in [0.05, 0.1) is 30.1 Å². The fourth-order valence-corrected chi connectivity index (χ4v) is 5.22. The molecule has 2 atom stereocenters. The van der Waals surface area contributed by atoms with Crippen LogP contribution in [0.15, 0.2) is 48.7 Å². The second-order valence-corrected chi connectivity index (χ2v) is 10.0. The monoisotopic (exact) mass is 533 g/mol. The highest BCUT2D eigenvalue weighted by molar-refractivity contribution is 5.75. The van der Waals surface area contributed by atoms with Gasteiger partial charge in [0, 0.05) is 38.8 Å². The van der Waals surface area contributed by atoms with E-state index < -0.39 is 0 Å². The molecule has 0 spiro atoms. The number of anilines is 2. The molecule has 2 aromatic carbocycles. The second kappa shape index (κ2) is 13.4. The number of aromatic nitrogens is 1. The molecule has 0 saturated heterocycles. The summed E-state index contributed by atoms with van der Waals surface area (Å²) in [7, 11) is 1.86. The lowest BCUT2D eigenvalue weighted by Gasteiger charge is -2.26. The van der Waals surface area contributed by atoms with Gasteiger partial charge in [0.1, 0.15) is 11.9 Å². The molecule has 39 heavy (non-hydrogen) atoms. The van der Waals surface area contributed by atoms with E-state index in [9.17, 15) is 4.79 Å². The molecule has 1 aliphatic rings. The molecule has 3 aromatic rings. The summed E-state index contributed by atoms with van der Waals surface area (Å²) in [6.45, 7) is 10.8. The van der Waals surface area contributed by atoms with Gasteiger partial charge in [-0.05, 0) is 73.2 Å². The normalized spacial score (nSPS) is 15.8. The standard InChI is InChI=1S/C31H40N4O3.H3N/c1-6-24-18-35(19-28-29(38-24)9-8-14-34-28)17-23-15-22(11-10-20(23)3)26(16-30(36)37-7-2)25-12-13-27(33-5)31(32)21(25)4;/h8-15,24,26,33H,6-7,16-19,32H2,1-5H3;1H3/t24-,26-;/m1./s1. The van der Waals surface area contributed by atoms with Crippen LogP contribution in [0.5, 0.6) is 5.75 Å². The fraction of sp³-hybridized carbons (Fsp3) is 0.419. The van der Waals surface area contributed by atoms with Gasteiger partial charge in [-0.1, -0.05) is 31.2 Å². The first-order chi connectivity index (χ1) is 18.3. The maximum absolute atomic E-state index is 12.7. The number of nitrogens with two attached hydrogens (primary N) is 1. The number of ether oxygens (including phenoxy) is 2. The maximum Gasteiger partial charge on any atom is 0.306 e. The lowest BCUT2D eigenvalue weighted by Crippen LogP contribution is -2.32. The number of hydrogen-bond donors (Lipinski definition) is 3. The first-order valence-corrected chi connectivity index (χ1v) is 13.5. The molecule has 1 aromatic heterocycles. The third-order valence-corrected chi connectivity index (χ3v) is 7.48. The van der Waals surface area contributed by atoms with Gasteiger partial charge in [0.15, 0.2) is 0 Å². The highest BCUT2D eigenvalue weighted by Crippen LogP contribution is 2.37. The van der Waals surface area contributed by atoms with E-state index in [2.05, 4.69) is 53.3 Å². The number of carbonyl (C=O) groups excluding carboxylic acids is 1. The Balaban J connectivity index is 0.00000420. The number of nitrogens with zero attached hydrogens (tertiary/aromatic N) is 2. The van der Waals surface area contributed by atoms with Crippen LogP contribution in [0.25, 0.3) is 0 Å². The van der Waals surface area contributed by atoms with Gasteiger partial charge in [-0.15, -0.1) is 0 Å². The number of benzene rings is 2. The molecular formula is C31H43N5O3. The van der Waals surface area contributed by atoms with Crippen molar-refractivity contribution in [2.75, 3.05) is 31.2 Å². The molecule has 0 aliphatic carbocycles. The lowest BCUT2D eigenvalue weighted by atomic mass is 9.84. The number of esters is 1. The first kappa shape index (κ1) is 29.9. The zero-order chi connectivity index (χ0) is 27.2. The van der Waals surface area contributed by atoms with Crippen molar-refractivity contribution in [1.29, 1.82) is 0 Å². The average molecular weight is 534 g/mol. The molecule has 0 radical (unpaired) electrons. The molecule has 0 fully saturated rings. The number of aryl methyl sites for hydroxylation is 1. The second-order valence-electron chi connectivity index (χ2n) is 10.0. The van der Waals surface area contributed by atoms with Crippen molar-refractivity contribution in [3.8, 4) is 5.75 Å². The summed E-state index contributed by atoms with van der Waals surface area (Å²) in [5, 5.41) is 3.15. The number of rotatable bonds is 9. The van der Waals surface area contributed by atoms with Gasteiger partial charge in [0.2, 0.25) is 0 Å². The Morgan fingerprint density at radius 1 is 1.23 bits per heavy atom. The van der Waals surface area contributed by atoms with Gasteiger partial charge in [0.25, 0.3) is 0 Å². The van der Waals surface area contributed by atoms with Crippen molar-refractivity contribution in [2.45, 2.75) is 65.6 Å². The first-order valence-electron chi connectivity index (χ1n) is 13.5. The Kier molecular flexibility index (Phi) is 10.3. The predicted molar refractivity (Wildman–Crippen MR) is 157 cm³/mol. The average Bonchev–Trinajstić information content (AvgIpc) is 3.09. The summed E-state index contributed by atoms with van der Waals surface area (Å²) >= 11 is 0. The molecule has 6 N–H and O–H groups in total. The summed E-state index contributed by atoms with van der Waals surface area (Å²) in [6, 6.07) is 14.5. The molecule has 0 amide bonds. The Hall–Kier alpha value is -3.62. The number of hydrogen-bond acceptors (Lipinski definition) is 8. The van der Waals surface area contributed by atoms with Crippen molar-refractivity contribution in [2.24, 2.45) is 0 Å². The quantitative estimate of drug-likeness (QED) is 0.235. The van der Waals surface area contributed by atoms with Gasteiger partial charge >= 0.3 is 5.97 Å². The van der Waals surface area contributed by atoms with E-state index in [1.165, 1.54) is 11.1 Å². The van der Waals surface area contributed by atoms with Crippen LogP contribution in [0.4, 0.5) is 11.4 Å². The number of carbonyl (C=O) groups is 1. The van der Waals surface area contributed by atoms with E-state index in [1.807, 2.05) is 45.3 Å². The third-order valence-electron chi connectivity index (χ3n) is 7.48. The van der Waals surface area contributed by atoms with Crippen LogP contribution in [0, 0.1) is 13.8 Å². The van der Waals surface area contributed by atoms with Crippen LogP contribution in [0.3, 0.4) is 0 Å². The highest BCUT2D eigenvalue weighted by atomic mass is 16.5. The largest absolute Gasteiger partial charge is 0.487 e. The van der Waals surface area contributed by atoms with Gasteiger partial charge in [-0.25, -0.2) is 0 Å². The minimum Gasteiger partial charge on any atom is -0.487 e. The van der Waals surface area contributed by atoms with Gasteiger partial charge in [-0.3, -0.25) is 14.7 Å². The molecule has 8 heteroatoms. The SMILES string of the molecule is CCOC(=O)C[C@H](c1ccc(C)c(CN2Cc3ncccc3O[C@H](CC)C2)c1)c1ccc(NC)c(N)c1C.N. The van der Waals surface area contributed by atoms with Crippen molar-refractivity contribution in [3.63, 3.8) is 0 Å². The highest BCUT2D eigenvalue weighted by Gasteiger charge is 2.25. The van der Waals surface area contributed by atoms with Crippen LogP contribution in [0.2, 0.25) is 0 Å². The molecule has 8 nitrogen and oxygen atoms in total. The van der Waals surface area contributed by atoms with Crippen LogP contribution in [0.1, 0.15) is 66.1 Å². The minimum atomic E-state index is -0.214. The molecule has 0 saturated carbocycles. The Morgan fingerprint density at radius 2 is 2.03 bits per heavy atom. The molecule has 210 valence electrons. The molecule has 1 aliphatic heterocycles. The van der Waals surface area contributed by atoms with Crippen LogP contribution < -0.4 is 21.9 Å². The van der Waals surface area contributed by atoms with E-state index in [1.54, 1.807) is 0 Å². The number of pyridine rings is 1.